The van der Waals surface area contributed by atoms with Gasteiger partial charge in [-0.3, -0.25) is 9.59 Å². The van der Waals surface area contributed by atoms with Gasteiger partial charge in [0.15, 0.2) is 5.43 Å². The highest BCUT2D eigenvalue weighted by Crippen LogP contribution is 2.39. The van der Waals surface area contributed by atoms with Gasteiger partial charge < -0.3 is 19.0 Å². The zero-order valence-corrected chi connectivity index (χ0v) is 19.8. The molecule has 172 valence electrons. The van der Waals surface area contributed by atoms with Crippen molar-refractivity contribution in [2.45, 2.75) is 19.4 Å². The number of fused-ring (bicyclic) bond motifs is 2. The number of rotatable bonds is 8. The second kappa shape index (κ2) is 9.41. The van der Waals surface area contributed by atoms with Gasteiger partial charge in [-0.25, -0.2) is 0 Å². The van der Waals surface area contributed by atoms with E-state index in [1.54, 1.807) is 23.1 Å². The molecule has 0 spiro atoms. The van der Waals surface area contributed by atoms with Crippen LogP contribution in [0.5, 0.6) is 5.75 Å². The Morgan fingerprint density at radius 3 is 2.61 bits per heavy atom. The van der Waals surface area contributed by atoms with E-state index in [4.69, 9.17) is 20.8 Å². The summed E-state index contributed by atoms with van der Waals surface area (Å²) in [5, 5.41) is 0.866. The van der Waals surface area contributed by atoms with E-state index in [0.29, 0.717) is 40.5 Å². The van der Waals surface area contributed by atoms with E-state index in [0.717, 1.165) is 24.1 Å². The van der Waals surface area contributed by atoms with Crippen molar-refractivity contribution in [2.75, 3.05) is 33.8 Å². The maximum atomic E-state index is 13.6. The Morgan fingerprint density at radius 1 is 1.21 bits per heavy atom. The van der Waals surface area contributed by atoms with Crippen molar-refractivity contribution in [3.8, 4) is 5.75 Å². The third kappa shape index (κ3) is 4.41. The van der Waals surface area contributed by atoms with Crippen LogP contribution in [0, 0.1) is 6.92 Å². The van der Waals surface area contributed by atoms with E-state index in [9.17, 15) is 9.59 Å². The van der Waals surface area contributed by atoms with Crippen LogP contribution in [-0.2, 0) is 0 Å². The molecule has 0 aliphatic carbocycles. The Morgan fingerprint density at radius 2 is 1.94 bits per heavy atom. The number of ether oxygens (including phenoxy) is 1. The summed E-state index contributed by atoms with van der Waals surface area (Å²) in [4.78, 5) is 30.8. The topological polar surface area (TPSA) is 63.0 Å². The summed E-state index contributed by atoms with van der Waals surface area (Å²) in [7, 11) is 3.98. The number of aryl methyl sites for hydroxylation is 1. The van der Waals surface area contributed by atoms with Crippen molar-refractivity contribution in [1.82, 2.24) is 9.80 Å². The Labute approximate surface area is 198 Å². The highest BCUT2D eigenvalue weighted by molar-refractivity contribution is 6.32. The van der Waals surface area contributed by atoms with Crippen LogP contribution in [0.25, 0.3) is 11.0 Å². The van der Waals surface area contributed by atoms with Crippen molar-refractivity contribution in [2.24, 2.45) is 0 Å². The quantitative estimate of drug-likeness (QED) is 0.445. The van der Waals surface area contributed by atoms with Crippen molar-refractivity contribution < 1.29 is 13.9 Å². The van der Waals surface area contributed by atoms with Crippen LogP contribution >= 0.6 is 11.6 Å². The third-order valence-electron chi connectivity index (χ3n) is 5.81. The van der Waals surface area contributed by atoms with Gasteiger partial charge in [0, 0.05) is 11.6 Å². The first-order chi connectivity index (χ1) is 15.8. The fourth-order valence-electron chi connectivity index (χ4n) is 4.18. The maximum Gasteiger partial charge on any atom is 0.290 e. The molecule has 0 bridgehead atoms. The van der Waals surface area contributed by atoms with Crippen LogP contribution in [0.2, 0.25) is 5.02 Å². The van der Waals surface area contributed by atoms with Crippen LogP contribution < -0.4 is 10.2 Å². The van der Waals surface area contributed by atoms with Gasteiger partial charge in [0.2, 0.25) is 5.76 Å². The molecule has 0 radical (unpaired) electrons. The highest BCUT2D eigenvalue weighted by Gasteiger charge is 2.42. The van der Waals surface area contributed by atoms with Crippen LogP contribution in [-0.4, -0.2) is 49.5 Å². The number of halogens is 1. The lowest BCUT2D eigenvalue weighted by atomic mass is 9.98. The van der Waals surface area contributed by atoms with Gasteiger partial charge in [-0.15, -0.1) is 0 Å². The molecule has 1 aromatic heterocycles. The molecular formula is C26H27ClN2O4. The van der Waals surface area contributed by atoms with Crippen LogP contribution in [0.15, 0.2) is 58.3 Å². The van der Waals surface area contributed by atoms with Crippen molar-refractivity contribution in [3.05, 3.63) is 86.7 Å². The van der Waals surface area contributed by atoms with Gasteiger partial charge in [0.05, 0.1) is 17.0 Å². The first-order valence-electron chi connectivity index (χ1n) is 10.9. The lowest BCUT2D eigenvalue weighted by molar-refractivity contribution is 0.0722. The predicted octanol–water partition coefficient (Wildman–Crippen LogP) is 4.82. The molecule has 1 aliphatic heterocycles. The molecule has 0 saturated carbocycles. The minimum absolute atomic E-state index is 0.107. The number of hydrogen-bond donors (Lipinski definition) is 0. The molecule has 1 aliphatic rings. The molecule has 1 amide bonds. The Hall–Kier alpha value is -3.09. The molecule has 1 unspecified atom stereocenters. The average molecular weight is 467 g/mol. The second-order valence-corrected chi connectivity index (χ2v) is 8.91. The zero-order chi connectivity index (χ0) is 23.7. The van der Waals surface area contributed by atoms with Crippen LogP contribution in [0.4, 0.5) is 0 Å². The number of nitrogens with zero attached hydrogens (tertiary/aromatic N) is 2. The third-order valence-corrected chi connectivity index (χ3v) is 6.22. The van der Waals surface area contributed by atoms with Gasteiger partial charge in [-0.1, -0.05) is 36.4 Å². The first kappa shape index (κ1) is 23.1. The summed E-state index contributed by atoms with van der Waals surface area (Å²) < 4.78 is 11.6. The molecular weight excluding hydrogens is 440 g/mol. The standard InChI is InChI=1S/C26H27ClN2O4/c1-5-13-32-18-9-7-17(8-10-18)23-22-24(30)19-15-20(27)16(2)14-21(19)33-25(22)26(31)29(23)12-6-11-28(3)4/h5,7-10,14-15,23H,1,6,11-13H2,2-4H3. The molecule has 2 heterocycles. The monoisotopic (exact) mass is 466 g/mol. The highest BCUT2D eigenvalue weighted by atomic mass is 35.5. The largest absolute Gasteiger partial charge is 0.490 e. The number of hydrogen-bond acceptors (Lipinski definition) is 5. The van der Waals surface area contributed by atoms with Crippen LogP contribution in [0.1, 0.15) is 39.7 Å². The van der Waals surface area contributed by atoms with Gasteiger partial charge in [0.25, 0.3) is 5.91 Å². The normalized spacial score (nSPS) is 15.4. The number of carbonyl (C=O) groups excluding carboxylic acids is 1. The fourth-order valence-corrected chi connectivity index (χ4v) is 4.34. The molecule has 7 heteroatoms. The van der Waals surface area contributed by atoms with E-state index in [1.807, 2.05) is 45.3 Å². The van der Waals surface area contributed by atoms with Gasteiger partial charge in [-0.2, -0.15) is 0 Å². The Kier molecular flexibility index (Phi) is 6.58. The van der Waals surface area contributed by atoms with Crippen molar-refractivity contribution >= 4 is 28.5 Å². The Balaban J connectivity index is 1.83. The van der Waals surface area contributed by atoms with Gasteiger partial charge >= 0.3 is 0 Å². The van der Waals surface area contributed by atoms with Gasteiger partial charge in [0.1, 0.15) is 17.9 Å². The minimum atomic E-state index is -0.538. The number of amides is 1. The summed E-state index contributed by atoms with van der Waals surface area (Å²) in [6.45, 7) is 7.21. The molecule has 1 atom stereocenters. The predicted molar refractivity (Wildman–Crippen MR) is 130 cm³/mol. The first-order valence-corrected chi connectivity index (χ1v) is 11.3. The molecule has 6 nitrogen and oxygen atoms in total. The van der Waals surface area contributed by atoms with Gasteiger partial charge in [-0.05, 0) is 69.4 Å². The minimum Gasteiger partial charge on any atom is -0.490 e. The second-order valence-electron chi connectivity index (χ2n) is 8.50. The van der Waals surface area contributed by atoms with Crippen molar-refractivity contribution in [1.29, 1.82) is 0 Å². The number of carbonyl (C=O) groups is 1. The number of benzene rings is 2. The van der Waals surface area contributed by atoms with E-state index < -0.39 is 6.04 Å². The van der Waals surface area contributed by atoms with E-state index >= 15 is 0 Å². The SMILES string of the molecule is C=CCOc1ccc(C2c3c(oc4cc(C)c(Cl)cc4c3=O)C(=O)N2CCCN(C)C)cc1. The summed E-state index contributed by atoms with van der Waals surface area (Å²) >= 11 is 6.30. The summed E-state index contributed by atoms with van der Waals surface area (Å²) in [5.74, 6) is 0.526. The van der Waals surface area contributed by atoms with E-state index in [2.05, 4.69) is 11.5 Å². The summed E-state index contributed by atoms with van der Waals surface area (Å²) in [5.41, 5.74) is 2.11. The summed E-state index contributed by atoms with van der Waals surface area (Å²) in [6, 6.07) is 10.2. The average Bonchev–Trinajstić information content (AvgIpc) is 3.06. The molecule has 0 fully saturated rings. The zero-order valence-electron chi connectivity index (χ0n) is 19.1. The lowest BCUT2D eigenvalue weighted by Gasteiger charge is -2.26. The molecule has 4 rings (SSSR count). The molecule has 2 aromatic carbocycles. The molecule has 0 N–H and O–H groups in total. The molecule has 3 aromatic rings. The smallest absolute Gasteiger partial charge is 0.290 e. The fraction of sp³-hybridized carbons (Fsp3) is 0.308. The van der Waals surface area contributed by atoms with Crippen molar-refractivity contribution in [3.63, 3.8) is 0 Å². The molecule has 33 heavy (non-hydrogen) atoms. The van der Waals surface area contributed by atoms with E-state index in [-0.39, 0.29) is 17.1 Å². The van der Waals surface area contributed by atoms with Crippen LogP contribution in [0.3, 0.4) is 0 Å². The molecule has 0 saturated heterocycles. The summed E-state index contributed by atoms with van der Waals surface area (Å²) in [6.07, 6.45) is 2.44. The maximum absolute atomic E-state index is 13.6. The Bertz CT molecular complexity index is 1260. The van der Waals surface area contributed by atoms with E-state index in [1.165, 1.54) is 0 Å². The lowest BCUT2D eigenvalue weighted by Crippen LogP contribution is -2.32.